The smallest absolute Gasteiger partial charge is 0.262 e. The molecule has 2 aromatic rings. The lowest BCUT2D eigenvalue weighted by atomic mass is 9.88. The molecule has 1 N–H and O–H groups in total. The van der Waals surface area contributed by atoms with Crippen molar-refractivity contribution >= 4 is 15.9 Å². The molecule has 0 amide bonds. The summed E-state index contributed by atoms with van der Waals surface area (Å²) in [5.74, 6) is -0.628. The Bertz CT molecular complexity index is 641. The molecule has 0 bridgehead atoms. The zero-order valence-electron chi connectivity index (χ0n) is 10.4. The first-order valence-corrected chi connectivity index (χ1v) is 6.95. The minimum Gasteiger partial charge on any atom is -0.348 e. The lowest BCUT2D eigenvalue weighted by molar-refractivity contribution is 0.00412. The van der Waals surface area contributed by atoms with Gasteiger partial charge in [0.15, 0.2) is 0 Å². The van der Waals surface area contributed by atoms with Gasteiger partial charge < -0.3 is 4.57 Å². The predicted octanol–water partition coefficient (Wildman–Crippen LogP) is 3.65. The van der Waals surface area contributed by atoms with Crippen molar-refractivity contribution < 1.29 is 13.2 Å². The summed E-state index contributed by atoms with van der Waals surface area (Å²) < 4.78 is 43.8. The van der Waals surface area contributed by atoms with E-state index in [-0.39, 0.29) is 18.7 Å². The Kier molecular flexibility index (Phi) is 3.38. The van der Waals surface area contributed by atoms with Crippen LogP contribution in [0.3, 0.4) is 0 Å². The molecule has 20 heavy (non-hydrogen) atoms. The lowest BCUT2D eigenvalue weighted by Crippen LogP contribution is -2.54. The van der Waals surface area contributed by atoms with Crippen LogP contribution >= 0.6 is 15.9 Å². The highest BCUT2D eigenvalue weighted by Crippen LogP contribution is 2.36. The highest BCUT2D eigenvalue weighted by molar-refractivity contribution is 9.10. The second-order valence-corrected chi connectivity index (χ2v) is 5.79. The van der Waals surface area contributed by atoms with Crippen LogP contribution in [0, 0.1) is 5.82 Å². The number of benzene rings is 1. The Hall–Kier alpha value is -1.27. The van der Waals surface area contributed by atoms with Crippen molar-refractivity contribution in [1.82, 2.24) is 9.88 Å². The standard InChI is InChI=1S/C14H12BrF3N2/c15-9-3-4-12(16)11(6-9)14(13(17)18)8-20-5-1-2-10(20)7-19-14/h1-6,13,19H,7-8H2. The van der Waals surface area contributed by atoms with Crippen LogP contribution in [0.5, 0.6) is 0 Å². The van der Waals surface area contributed by atoms with Crippen LogP contribution < -0.4 is 5.32 Å². The minimum atomic E-state index is -2.72. The molecule has 3 rings (SSSR count). The summed E-state index contributed by atoms with van der Waals surface area (Å²) in [6.45, 7) is 0.281. The first-order chi connectivity index (χ1) is 9.53. The van der Waals surface area contributed by atoms with Crippen molar-refractivity contribution in [3.05, 3.63) is 58.1 Å². The van der Waals surface area contributed by atoms with Crippen molar-refractivity contribution in [3.63, 3.8) is 0 Å². The third kappa shape index (κ3) is 2.07. The van der Waals surface area contributed by atoms with Crippen LogP contribution in [-0.2, 0) is 18.6 Å². The van der Waals surface area contributed by atoms with E-state index in [0.29, 0.717) is 4.47 Å². The average Bonchev–Trinajstić information content (AvgIpc) is 2.88. The van der Waals surface area contributed by atoms with Crippen molar-refractivity contribution in [3.8, 4) is 0 Å². The molecule has 0 radical (unpaired) electrons. The molecule has 0 fully saturated rings. The Balaban J connectivity index is 2.12. The molecule has 2 heterocycles. The molecule has 1 aliphatic heterocycles. The zero-order valence-corrected chi connectivity index (χ0v) is 12.0. The molecule has 0 aliphatic carbocycles. The number of alkyl halides is 2. The molecule has 1 atom stereocenters. The van der Waals surface area contributed by atoms with E-state index >= 15 is 0 Å². The first kappa shape index (κ1) is 13.7. The van der Waals surface area contributed by atoms with Crippen LogP contribution in [0.1, 0.15) is 11.3 Å². The molecule has 1 aliphatic rings. The van der Waals surface area contributed by atoms with Crippen LogP contribution in [0.25, 0.3) is 0 Å². The van der Waals surface area contributed by atoms with E-state index < -0.39 is 17.8 Å². The van der Waals surface area contributed by atoms with Gasteiger partial charge in [-0.05, 0) is 30.3 Å². The largest absolute Gasteiger partial charge is 0.348 e. The average molecular weight is 345 g/mol. The number of hydrogen-bond donors (Lipinski definition) is 1. The Morgan fingerprint density at radius 2 is 2.10 bits per heavy atom. The van der Waals surface area contributed by atoms with Gasteiger partial charge in [-0.3, -0.25) is 5.32 Å². The van der Waals surface area contributed by atoms with E-state index in [4.69, 9.17) is 0 Å². The van der Waals surface area contributed by atoms with Crippen molar-refractivity contribution in [1.29, 1.82) is 0 Å². The minimum absolute atomic E-state index is 0.000370. The van der Waals surface area contributed by atoms with Gasteiger partial charge in [0.25, 0.3) is 6.43 Å². The fourth-order valence-corrected chi connectivity index (χ4v) is 2.98. The maximum atomic E-state index is 14.1. The van der Waals surface area contributed by atoms with Gasteiger partial charge in [0.2, 0.25) is 0 Å². The SMILES string of the molecule is Fc1ccc(Br)cc1C1(C(F)F)Cn2cccc2CN1. The zero-order chi connectivity index (χ0) is 14.3. The highest BCUT2D eigenvalue weighted by Gasteiger charge is 2.46. The van der Waals surface area contributed by atoms with Gasteiger partial charge in [0.1, 0.15) is 11.4 Å². The third-order valence-corrected chi connectivity index (χ3v) is 4.20. The summed E-state index contributed by atoms with van der Waals surface area (Å²) in [6, 6.07) is 7.79. The molecule has 0 saturated heterocycles. The van der Waals surface area contributed by atoms with Gasteiger partial charge in [-0.25, -0.2) is 13.2 Å². The number of rotatable bonds is 2. The third-order valence-electron chi connectivity index (χ3n) is 3.71. The number of nitrogens with zero attached hydrogens (tertiary/aromatic N) is 1. The van der Waals surface area contributed by atoms with E-state index in [2.05, 4.69) is 21.2 Å². The van der Waals surface area contributed by atoms with E-state index in [9.17, 15) is 13.2 Å². The normalized spacial score (nSPS) is 22.1. The second kappa shape index (κ2) is 4.93. The summed E-state index contributed by atoms with van der Waals surface area (Å²) in [5.41, 5.74) is -0.808. The van der Waals surface area contributed by atoms with Crippen molar-refractivity contribution in [2.45, 2.75) is 25.1 Å². The summed E-state index contributed by atoms with van der Waals surface area (Å²) >= 11 is 3.21. The molecular weight excluding hydrogens is 333 g/mol. The summed E-state index contributed by atoms with van der Waals surface area (Å²) in [5, 5.41) is 2.83. The molecule has 0 saturated carbocycles. The van der Waals surface area contributed by atoms with Gasteiger partial charge in [-0.15, -0.1) is 0 Å². The van der Waals surface area contributed by atoms with Crippen LogP contribution in [0.2, 0.25) is 0 Å². The number of aromatic nitrogens is 1. The molecule has 1 aromatic carbocycles. The van der Waals surface area contributed by atoms with E-state index in [1.54, 1.807) is 16.8 Å². The van der Waals surface area contributed by atoms with Crippen molar-refractivity contribution in [2.75, 3.05) is 0 Å². The predicted molar refractivity (Wildman–Crippen MR) is 73.1 cm³/mol. The maximum Gasteiger partial charge on any atom is 0.262 e. The highest BCUT2D eigenvalue weighted by atomic mass is 79.9. The van der Waals surface area contributed by atoms with E-state index in [1.165, 1.54) is 18.2 Å². The first-order valence-electron chi connectivity index (χ1n) is 6.16. The van der Waals surface area contributed by atoms with E-state index in [1.807, 2.05) is 6.07 Å². The molecule has 2 nitrogen and oxygen atoms in total. The van der Waals surface area contributed by atoms with Gasteiger partial charge in [-0.1, -0.05) is 15.9 Å². The molecule has 106 valence electrons. The Morgan fingerprint density at radius 3 is 2.85 bits per heavy atom. The monoisotopic (exact) mass is 344 g/mol. The van der Waals surface area contributed by atoms with Gasteiger partial charge >= 0.3 is 0 Å². The van der Waals surface area contributed by atoms with Crippen LogP contribution in [0.15, 0.2) is 41.0 Å². The lowest BCUT2D eigenvalue weighted by Gasteiger charge is -2.39. The summed E-state index contributed by atoms with van der Waals surface area (Å²) in [4.78, 5) is 0. The number of nitrogens with one attached hydrogen (secondary N) is 1. The topological polar surface area (TPSA) is 17.0 Å². The summed E-state index contributed by atoms with van der Waals surface area (Å²) in [7, 11) is 0. The molecule has 1 unspecified atom stereocenters. The maximum absolute atomic E-state index is 14.1. The molecule has 0 spiro atoms. The van der Waals surface area contributed by atoms with Gasteiger partial charge in [-0.2, -0.15) is 0 Å². The quantitative estimate of drug-likeness (QED) is 0.879. The Morgan fingerprint density at radius 1 is 1.30 bits per heavy atom. The fraction of sp³-hybridized carbons (Fsp3) is 0.286. The number of hydrogen-bond acceptors (Lipinski definition) is 1. The molecular formula is C14H12BrF3N2. The Labute approximate surface area is 122 Å². The number of halogens is 4. The van der Waals surface area contributed by atoms with Crippen LogP contribution in [-0.4, -0.2) is 11.0 Å². The fourth-order valence-electron chi connectivity index (χ4n) is 2.62. The molecule has 1 aromatic heterocycles. The van der Waals surface area contributed by atoms with Gasteiger partial charge in [0, 0.05) is 28.5 Å². The molecule has 6 heteroatoms. The van der Waals surface area contributed by atoms with Crippen molar-refractivity contribution in [2.24, 2.45) is 0 Å². The second-order valence-electron chi connectivity index (χ2n) is 4.88. The van der Waals surface area contributed by atoms with Crippen LogP contribution in [0.4, 0.5) is 13.2 Å². The van der Waals surface area contributed by atoms with E-state index in [0.717, 1.165) is 5.69 Å². The number of fused-ring (bicyclic) bond motifs is 1. The summed E-state index contributed by atoms with van der Waals surface area (Å²) in [6.07, 6.45) is -0.981. The van der Waals surface area contributed by atoms with Gasteiger partial charge in [0.05, 0.1) is 6.54 Å².